The first-order valence-corrected chi connectivity index (χ1v) is 9.36. The molecule has 0 aliphatic carbocycles. The first-order chi connectivity index (χ1) is 12.8. The molecule has 146 valence electrons. The molecule has 1 atom stereocenters. The number of hydrogen-bond donors (Lipinski definition) is 0. The van der Waals surface area contributed by atoms with Crippen LogP contribution in [-0.2, 0) is 20.6 Å². The lowest BCUT2D eigenvalue weighted by Gasteiger charge is -2.32. The number of amides is 1. The summed E-state index contributed by atoms with van der Waals surface area (Å²) >= 11 is 0. The van der Waals surface area contributed by atoms with Gasteiger partial charge in [0.1, 0.15) is 11.4 Å². The second-order valence-electron chi connectivity index (χ2n) is 7.29. The summed E-state index contributed by atoms with van der Waals surface area (Å²) in [4.78, 5) is 39.5. The second kappa shape index (κ2) is 7.17. The van der Waals surface area contributed by atoms with Crippen LogP contribution in [-0.4, -0.2) is 42.8 Å². The van der Waals surface area contributed by atoms with Gasteiger partial charge in [0, 0.05) is 45.3 Å². The van der Waals surface area contributed by atoms with Crippen molar-refractivity contribution in [3.8, 4) is 0 Å². The fourth-order valence-electron chi connectivity index (χ4n) is 3.80. The van der Waals surface area contributed by atoms with Crippen LogP contribution in [0.15, 0.2) is 15.7 Å². The lowest BCUT2D eigenvalue weighted by molar-refractivity contribution is 0.0700. The quantitative estimate of drug-likeness (QED) is 0.802. The van der Waals surface area contributed by atoms with Crippen molar-refractivity contribution in [2.45, 2.75) is 46.1 Å². The third-order valence-corrected chi connectivity index (χ3v) is 5.63. The first-order valence-electron chi connectivity index (χ1n) is 9.36. The molecule has 1 amide bonds. The average molecular weight is 373 g/mol. The van der Waals surface area contributed by atoms with Crippen molar-refractivity contribution >= 4 is 5.91 Å². The number of nitrogens with zero attached hydrogens (tertiary/aromatic N) is 5. The summed E-state index contributed by atoms with van der Waals surface area (Å²) in [6.45, 7) is 7.30. The van der Waals surface area contributed by atoms with E-state index < -0.39 is 0 Å². The van der Waals surface area contributed by atoms with E-state index >= 15 is 0 Å². The Morgan fingerprint density at radius 1 is 1.26 bits per heavy atom. The number of pyridine rings is 1. The van der Waals surface area contributed by atoms with Crippen LogP contribution in [0.2, 0.25) is 0 Å². The van der Waals surface area contributed by atoms with Crippen LogP contribution in [0, 0.1) is 13.8 Å². The number of aromatic nitrogens is 4. The summed E-state index contributed by atoms with van der Waals surface area (Å²) in [7, 11) is 3.33. The molecule has 0 saturated carbocycles. The van der Waals surface area contributed by atoms with Crippen LogP contribution in [0.25, 0.3) is 0 Å². The number of rotatable bonds is 3. The fraction of sp³-hybridized carbons (Fsp3) is 0.579. The van der Waals surface area contributed by atoms with Gasteiger partial charge in [-0.3, -0.25) is 14.2 Å². The van der Waals surface area contributed by atoms with Gasteiger partial charge in [-0.05, 0) is 45.2 Å². The van der Waals surface area contributed by atoms with E-state index in [1.54, 1.807) is 29.6 Å². The zero-order valence-electron chi connectivity index (χ0n) is 16.7. The van der Waals surface area contributed by atoms with Gasteiger partial charge in [0.05, 0.1) is 0 Å². The van der Waals surface area contributed by atoms with Gasteiger partial charge in [-0.15, -0.1) is 0 Å². The van der Waals surface area contributed by atoms with Crippen molar-refractivity contribution in [3.05, 3.63) is 49.5 Å². The van der Waals surface area contributed by atoms with Gasteiger partial charge >= 0.3 is 5.69 Å². The molecule has 0 radical (unpaired) electrons. The summed E-state index contributed by atoms with van der Waals surface area (Å²) in [6.07, 6.45) is 1.68. The molecule has 1 aliphatic rings. The van der Waals surface area contributed by atoms with E-state index in [1.165, 1.54) is 9.25 Å². The SMILES string of the molecule is CCn1c(C2CCCN(C(=O)c3cc(C)c(C)n(C)c3=O)C2)nn(C)c1=O. The van der Waals surface area contributed by atoms with E-state index in [2.05, 4.69) is 5.10 Å². The highest BCUT2D eigenvalue weighted by molar-refractivity contribution is 5.94. The summed E-state index contributed by atoms with van der Waals surface area (Å²) in [5.41, 5.74) is 1.56. The standard InChI is InChI=1S/C19H27N5O3/c1-6-24-16(20-22(5)19(24)27)14-8-7-9-23(11-14)18(26)15-10-12(2)13(3)21(4)17(15)25/h10,14H,6-9,11H2,1-5H3. The molecule has 8 heteroatoms. The highest BCUT2D eigenvalue weighted by atomic mass is 16.2. The van der Waals surface area contributed by atoms with Gasteiger partial charge in [-0.2, -0.15) is 5.10 Å². The molecule has 3 rings (SSSR count). The molecular formula is C19H27N5O3. The van der Waals surface area contributed by atoms with Crippen LogP contribution in [0.4, 0.5) is 0 Å². The maximum absolute atomic E-state index is 13.1. The molecule has 0 N–H and O–H groups in total. The van der Waals surface area contributed by atoms with Gasteiger partial charge in [-0.1, -0.05) is 0 Å². The van der Waals surface area contributed by atoms with Crippen LogP contribution in [0.1, 0.15) is 53.1 Å². The van der Waals surface area contributed by atoms with Crippen LogP contribution >= 0.6 is 0 Å². The average Bonchev–Trinajstić information content (AvgIpc) is 2.96. The van der Waals surface area contributed by atoms with Crippen LogP contribution < -0.4 is 11.2 Å². The minimum Gasteiger partial charge on any atom is -0.338 e. The van der Waals surface area contributed by atoms with E-state index in [4.69, 9.17) is 0 Å². The van der Waals surface area contributed by atoms with Crippen LogP contribution in [0.3, 0.4) is 0 Å². The smallest absolute Gasteiger partial charge is 0.338 e. The number of carbonyl (C=O) groups is 1. The molecule has 1 unspecified atom stereocenters. The maximum atomic E-state index is 13.1. The predicted molar refractivity (Wildman–Crippen MR) is 102 cm³/mol. The molecule has 27 heavy (non-hydrogen) atoms. The first kappa shape index (κ1) is 19.1. The zero-order valence-corrected chi connectivity index (χ0v) is 16.7. The second-order valence-corrected chi connectivity index (χ2v) is 7.29. The Morgan fingerprint density at radius 3 is 2.63 bits per heavy atom. The Bertz CT molecular complexity index is 998. The number of carbonyl (C=O) groups excluding carboxylic acids is 1. The van der Waals surface area contributed by atoms with Crippen molar-refractivity contribution in [2.75, 3.05) is 13.1 Å². The lowest BCUT2D eigenvalue weighted by atomic mass is 9.96. The highest BCUT2D eigenvalue weighted by Crippen LogP contribution is 2.26. The Balaban J connectivity index is 1.92. The fourth-order valence-corrected chi connectivity index (χ4v) is 3.80. The van der Waals surface area contributed by atoms with Crippen molar-refractivity contribution < 1.29 is 4.79 Å². The van der Waals surface area contributed by atoms with E-state index in [-0.39, 0.29) is 28.6 Å². The Labute approximate surface area is 158 Å². The van der Waals surface area contributed by atoms with Gasteiger partial charge in [-0.25, -0.2) is 9.48 Å². The third-order valence-electron chi connectivity index (χ3n) is 5.63. The van der Waals surface area contributed by atoms with E-state index in [0.717, 1.165) is 29.9 Å². The lowest BCUT2D eigenvalue weighted by Crippen LogP contribution is -2.42. The minimum atomic E-state index is -0.270. The molecule has 2 aromatic rings. The number of aryl methyl sites for hydroxylation is 2. The van der Waals surface area contributed by atoms with Crippen molar-refractivity contribution in [1.29, 1.82) is 0 Å². The van der Waals surface area contributed by atoms with Crippen molar-refractivity contribution in [3.63, 3.8) is 0 Å². The third kappa shape index (κ3) is 3.24. The molecule has 0 bridgehead atoms. The number of piperidine rings is 1. The molecule has 1 saturated heterocycles. The summed E-state index contributed by atoms with van der Waals surface area (Å²) < 4.78 is 4.53. The molecule has 2 aromatic heterocycles. The molecule has 8 nitrogen and oxygen atoms in total. The Morgan fingerprint density at radius 2 is 1.96 bits per heavy atom. The Hall–Kier alpha value is -2.64. The van der Waals surface area contributed by atoms with E-state index in [0.29, 0.717) is 19.6 Å². The monoisotopic (exact) mass is 373 g/mol. The van der Waals surface area contributed by atoms with Crippen molar-refractivity contribution in [1.82, 2.24) is 23.8 Å². The molecule has 1 fully saturated rings. The predicted octanol–water partition coefficient (Wildman–Crippen LogP) is 0.937. The van der Waals surface area contributed by atoms with Gasteiger partial charge in [0.25, 0.3) is 11.5 Å². The highest BCUT2D eigenvalue weighted by Gasteiger charge is 2.30. The molecule has 0 spiro atoms. The zero-order chi connectivity index (χ0) is 19.9. The van der Waals surface area contributed by atoms with Crippen LogP contribution in [0.5, 0.6) is 0 Å². The molecular weight excluding hydrogens is 346 g/mol. The molecule has 3 heterocycles. The molecule has 1 aliphatic heterocycles. The normalized spacial score (nSPS) is 17.4. The molecule has 0 aromatic carbocycles. The van der Waals surface area contributed by atoms with Gasteiger partial charge in [0.2, 0.25) is 0 Å². The Kier molecular flexibility index (Phi) is 5.08. The largest absolute Gasteiger partial charge is 0.345 e. The van der Waals surface area contributed by atoms with Gasteiger partial charge < -0.3 is 9.47 Å². The maximum Gasteiger partial charge on any atom is 0.345 e. The van der Waals surface area contributed by atoms with Crippen molar-refractivity contribution in [2.24, 2.45) is 14.1 Å². The summed E-state index contributed by atoms with van der Waals surface area (Å²) in [6, 6.07) is 1.69. The summed E-state index contributed by atoms with van der Waals surface area (Å²) in [5, 5.41) is 4.39. The number of hydrogen-bond acceptors (Lipinski definition) is 4. The minimum absolute atomic E-state index is 0.00746. The summed E-state index contributed by atoms with van der Waals surface area (Å²) in [5.74, 6) is 0.465. The van der Waals surface area contributed by atoms with E-state index in [1.807, 2.05) is 20.8 Å². The number of likely N-dealkylation sites (tertiary alicyclic amines) is 1. The van der Waals surface area contributed by atoms with E-state index in [9.17, 15) is 14.4 Å². The van der Waals surface area contributed by atoms with Gasteiger partial charge in [0.15, 0.2) is 0 Å². The topological polar surface area (TPSA) is 82.1 Å².